The van der Waals surface area contributed by atoms with Crippen LogP contribution in [0.2, 0.25) is 0 Å². The molecule has 0 aliphatic rings. The van der Waals surface area contributed by atoms with E-state index in [0.717, 1.165) is 15.2 Å². The van der Waals surface area contributed by atoms with Crippen molar-refractivity contribution in [2.45, 2.75) is 26.4 Å². The summed E-state index contributed by atoms with van der Waals surface area (Å²) in [4.78, 5) is 4.51. The lowest BCUT2D eigenvalue weighted by Gasteiger charge is -2.12. The predicted molar refractivity (Wildman–Crippen MR) is 80.2 cm³/mol. The number of sulfone groups is 1. The van der Waals surface area contributed by atoms with Crippen LogP contribution in [-0.4, -0.2) is 30.9 Å². The Hall–Kier alpha value is -0.980. The highest BCUT2D eigenvalue weighted by atomic mass is 32.2. The van der Waals surface area contributed by atoms with Crippen molar-refractivity contribution < 1.29 is 8.42 Å². The largest absolute Gasteiger partial charge is 0.307 e. The number of nitrogens with one attached hydrogen (secondary N) is 1. The first-order chi connectivity index (χ1) is 9.00. The van der Waals surface area contributed by atoms with Crippen molar-refractivity contribution in [3.05, 3.63) is 29.3 Å². The van der Waals surface area contributed by atoms with Crippen LogP contribution in [0.1, 0.15) is 18.9 Å². The van der Waals surface area contributed by atoms with E-state index in [4.69, 9.17) is 0 Å². The summed E-state index contributed by atoms with van der Waals surface area (Å²) in [5.74, 6) is 0.370. The number of aromatic nitrogens is 1. The van der Waals surface area contributed by atoms with E-state index in [2.05, 4.69) is 10.3 Å². The fourth-order valence-corrected chi connectivity index (χ4v) is 3.85. The van der Waals surface area contributed by atoms with Crippen molar-refractivity contribution >= 4 is 31.4 Å². The highest BCUT2D eigenvalue weighted by Gasteiger charge is 2.13. The molecule has 1 aromatic carbocycles. The quantitative estimate of drug-likeness (QED) is 0.888. The Morgan fingerprint density at radius 1 is 1.37 bits per heavy atom. The van der Waals surface area contributed by atoms with Crippen molar-refractivity contribution in [3.63, 3.8) is 0 Å². The summed E-state index contributed by atoms with van der Waals surface area (Å²) in [5.41, 5.74) is 0.998. The molecule has 104 valence electrons. The van der Waals surface area contributed by atoms with Crippen LogP contribution in [0.3, 0.4) is 0 Å². The third-order valence-corrected chi connectivity index (χ3v) is 5.81. The topological polar surface area (TPSA) is 59.1 Å². The van der Waals surface area contributed by atoms with E-state index in [-0.39, 0.29) is 17.5 Å². The van der Waals surface area contributed by atoms with Gasteiger partial charge in [-0.05, 0) is 19.1 Å². The molecule has 6 heteroatoms. The third-order valence-electron chi connectivity index (χ3n) is 2.88. The van der Waals surface area contributed by atoms with Crippen LogP contribution >= 0.6 is 11.3 Å². The summed E-state index contributed by atoms with van der Waals surface area (Å²) in [7, 11) is -2.93. The molecule has 1 N–H and O–H groups in total. The molecule has 1 heterocycles. The van der Waals surface area contributed by atoms with Gasteiger partial charge in [0.05, 0.1) is 16.0 Å². The maximum Gasteiger partial charge on any atom is 0.151 e. The van der Waals surface area contributed by atoms with Gasteiger partial charge in [0.2, 0.25) is 0 Å². The standard InChI is InChI=1S/C13H18N2O2S2/c1-3-19(16,17)9-10(2)14-8-13-15-11-6-4-5-7-12(11)18-13/h4-7,10,14H,3,8-9H2,1-2H3. The Bertz CT molecular complexity index is 616. The molecule has 0 saturated heterocycles. The van der Waals surface area contributed by atoms with Gasteiger partial charge in [0.15, 0.2) is 9.84 Å². The molecule has 0 fully saturated rings. The second kappa shape index (κ2) is 5.98. The van der Waals surface area contributed by atoms with Gasteiger partial charge in [0, 0.05) is 18.3 Å². The summed E-state index contributed by atoms with van der Waals surface area (Å²) in [6.07, 6.45) is 0. The minimum atomic E-state index is -2.93. The average Bonchev–Trinajstić information content (AvgIpc) is 2.78. The van der Waals surface area contributed by atoms with E-state index in [1.165, 1.54) is 0 Å². The minimum Gasteiger partial charge on any atom is -0.307 e. The Labute approximate surface area is 117 Å². The molecular weight excluding hydrogens is 280 g/mol. The van der Waals surface area contributed by atoms with Crippen LogP contribution in [0.15, 0.2) is 24.3 Å². The predicted octanol–water partition coefficient (Wildman–Crippen LogP) is 2.21. The van der Waals surface area contributed by atoms with Crippen LogP contribution in [0.4, 0.5) is 0 Å². The summed E-state index contributed by atoms with van der Waals surface area (Å²) in [6, 6.07) is 7.93. The normalized spacial score (nSPS) is 13.8. The number of thiazole rings is 1. The van der Waals surface area contributed by atoms with Crippen molar-refractivity contribution in [2.75, 3.05) is 11.5 Å². The minimum absolute atomic E-state index is 0.0584. The summed E-state index contributed by atoms with van der Waals surface area (Å²) in [5, 5.41) is 4.21. The van der Waals surface area contributed by atoms with Crippen LogP contribution in [-0.2, 0) is 16.4 Å². The second-order valence-electron chi connectivity index (χ2n) is 4.56. The molecule has 0 aliphatic heterocycles. The average molecular weight is 298 g/mol. The zero-order valence-corrected chi connectivity index (χ0v) is 12.7. The van der Waals surface area contributed by atoms with E-state index >= 15 is 0 Å². The molecule has 0 radical (unpaired) electrons. The smallest absolute Gasteiger partial charge is 0.151 e. The fraction of sp³-hybridized carbons (Fsp3) is 0.462. The van der Waals surface area contributed by atoms with E-state index in [9.17, 15) is 8.42 Å². The van der Waals surface area contributed by atoms with E-state index in [1.807, 2.05) is 31.2 Å². The lowest BCUT2D eigenvalue weighted by atomic mass is 10.3. The van der Waals surface area contributed by atoms with Gasteiger partial charge in [-0.2, -0.15) is 0 Å². The van der Waals surface area contributed by atoms with Gasteiger partial charge in [-0.3, -0.25) is 0 Å². The molecule has 0 saturated carbocycles. The molecule has 1 aromatic heterocycles. The number of rotatable bonds is 6. The van der Waals surface area contributed by atoms with Crippen molar-refractivity contribution in [1.82, 2.24) is 10.3 Å². The molecule has 0 spiro atoms. The van der Waals surface area contributed by atoms with Gasteiger partial charge in [-0.1, -0.05) is 19.1 Å². The number of hydrogen-bond acceptors (Lipinski definition) is 5. The van der Waals surface area contributed by atoms with Crippen molar-refractivity contribution in [2.24, 2.45) is 0 Å². The number of para-hydroxylation sites is 1. The molecule has 4 nitrogen and oxygen atoms in total. The van der Waals surface area contributed by atoms with Crippen LogP contribution in [0.5, 0.6) is 0 Å². The highest BCUT2D eigenvalue weighted by Crippen LogP contribution is 2.21. The monoisotopic (exact) mass is 298 g/mol. The first-order valence-electron chi connectivity index (χ1n) is 6.28. The summed E-state index contributed by atoms with van der Waals surface area (Å²) >= 11 is 1.64. The maximum absolute atomic E-state index is 11.5. The van der Waals surface area contributed by atoms with E-state index in [1.54, 1.807) is 18.3 Å². The summed E-state index contributed by atoms with van der Waals surface area (Å²) in [6.45, 7) is 4.18. The van der Waals surface area contributed by atoms with E-state index in [0.29, 0.717) is 6.54 Å². The molecular formula is C13H18N2O2S2. The Balaban J connectivity index is 1.95. The molecule has 2 aromatic rings. The molecule has 1 atom stereocenters. The van der Waals surface area contributed by atoms with Gasteiger partial charge in [-0.15, -0.1) is 11.3 Å². The number of fused-ring (bicyclic) bond motifs is 1. The molecule has 19 heavy (non-hydrogen) atoms. The number of benzene rings is 1. The van der Waals surface area contributed by atoms with Crippen LogP contribution in [0.25, 0.3) is 10.2 Å². The molecule has 0 amide bonds. The van der Waals surface area contributed by atoms with Crippen LogP contribution < -0.4 is 5.32 Å². The fourth-order valence-electron chi connectivity index (χ4n) is 1.81. The zero-order chi connectivity index (χ0) is 13.9. The molecule has 2 rings (SSSR count). The second-order valence-corrected chi connectivity index (χ2v) is 8.07. The van der Waals surface area contributed by atoms with Gasteiger partial charge in [0.1, 0.15) is 5.01 Å². The molecule has 0 bridgehead atoms. The Kier molecular flexibility index (Phi) is 4.54. The first-order valence-corrected chi connectivity index (χ1v) is 8.92. The van der Waals surface area contributed by atoms with Crippen molar-refractivity contribution in [3.8, 4) is 0 Å². The van der Waals surface area contributed by atoms with Gasteiger partial charge < -0.3 is 5.32 Å². The van der Waals surface area contributed by atoms with Crippen LogP contribution in [0, 0.1) is 0 Å². The van der Waals surface area contributed by atoms with E-state index < -0.39 is 9.84 Å². The Morgan fingerprint density at radius 2 is 2.11 bits per heavy atom. The SMILES string of the molecule is CCS(=O)(=O)CC(C)NCc1nc2ccccc2s1. The molecule has 0 aliphatic carbocycles. The number of nitrogens with zero attached hydrogens (tertiary/aromatic N) is 1. The highest BCUT2D eigenvalue weighted by molar-refractivity contribution is 7.91. The Morgan fingerprint density at radius 3 is 2.79 bits per heavy atom. The zero-order valence-electron chi connectivity index (χ0n) is 11.1. The third kappa shape index (κ3) is 3.99. The summed E-state index contributed by atoms with van der Waals surface area (Å²) < 4.78 is 24.2. The maximum atomic E-state index is 11.5. The van der Waals surface area contributed by atoms with Gasteiger partial charge >= 0.3 is 0 Å². The van der Waals surface area contributed by atoms with Gasteiger partial charge in [0.25, 0.3) is 0 Å². The van der Waals surface area contributed by atoms with Crippen molar-refractivity contribution in [1.29, 1.82) is 0 Å². The molecule has 1 unspecified atom stereocenters. The lowest BCUT2D eigenvalue weighted by Crippen LogP contribution is -2.33. The lowest BCUT2D eigenvalue weighted by molar-refractivity contribution is 0.557. The first kappa shape index (κ1) is 14.4. The van der Waals surface area contributed by atoms with Gasteiger partial charge in [-0.25, -0.2) is 13.4 Å². The number of hydrogen-bond donors (Lipinski definition) is 1.